The van der Waals surface area contributed by atoms with E-state index in [4.69, 9.17) is 10.5 Å². The average molecular weight is 460 g/mol. The molecule has 0 unspecified atom stereocenters. The van der Waals surface area contributed by atoms with Gasteiger partial charge in [0.1, 0.15) is 0 Å². The summed E-state index contributed by atoms with van der Waals surface area (Å²) in [5.74, 6) is 0.0949. The number of rotatable bonds is 7. The molecule has 1 saturated heterocycles. The molecule has 0 atom stereocenters. The van der Waals surface area contributed by atoms with Gasteiger partial charge in [0.05, 0.1) is 25.1 Å². The second kappa shape index (κ2) is 10.5. The van der Waals surface area contributed by atoms with Gasteiger partial charge < -0.3 is 20.9 Å². The lowest BCUT2D eigenvalue weighted by atomic mass is 9.97. The number of benzene rings is 1. The van der Waals surface area contributed by atoms with Crippen LogP contribution in [0.2, 0.25) is 0 Å². The van der Waals surface area contributed by atoms with Crippen molar-refractivity contribution in [2.45, 2.75) is 25.5 Å². The predicted molar refractivity (Wildman–Crippen MR) is 133 cm³/mol. The molecule has 1 fully saturated rings. The standard InChI is InChI=1S/C26H29N5O3/c1-17(26(33)30-21-4-6-25(34-2)29-15-21)23-12-19(3-5-24(23)27)20-11-18(13-28-14-20)16-31-9-7-22(32)8-10-31/h3-6,11-15,22,32H,1,7-10,16,27H2,2H3,(H,30,33). The Kier molecular flexibility index (Phi) is 7.20. The first-order chi connectivity index (χ1) is 16.4. The molecule has 8 heteroatoms. The van der Waals surface area contributed by atoms with Crippen LogP contribution in [0.1, 0.15) is 24.0 Å². The van der Waals surface area contributed by atoms with Gasteiger partial charge >= 0.3 is 0 Å². The average Bonchev–Trinajstić information content (AvgIpc) is 2.86. The number of ether oxygens (including phenoxy) is 1. The highest BCUT2D eigenvalue weighted by atomic mass is 16.5. The smallest absolute Gasteiger partial charge is 0.255 e. The van der Waals surface area contributed by atoms with Crippen LogP contribution in [0.5, 0.6) is 5.88 Å². The van der Waals surface area contributed by atoms with Gasteiger partial charge in [-0.3, -0.25) is 14.7 Å². The summed E-state index contributed by atoms with van der Waals surface area (Å²) in [6.07, 6.45) is 6.58. The van der Waals surface area contributed by atoms with E-state index >= 15 is 0 Å². The number of anilines is 2. The van der Waals surface area contributed by atoms with Crippen LogP contribution >= 0.6 is 0 Å². The van der Waals surface area contributed by atoms with Crippen molar-refractivity contribution >= 4 is 22.9 Å². The quantitative estimate of drug-likeness (QED) is 0.367. The van der Waals surface area contributed by atoms with Crippen molar-refractivity contribution in [2.75, 3.05) is 31.2 Å². The van der Waals surface area contributed by atoms with Crippen molar-refractivity contribution in [3.8, 4) is 17.0 Å². The molecule has 1 amide bonds. The number of hydrogen-bond acceptors (Lipinski definition) is 7. The third kappa shape index (κ3) is 5.59. The van der Waals surface area contributed by atoms with Crippen molar-refractivity contribution in [1.29, 1.82) is 0 Å². The van der Waals surface area contributed by atoms with E-state index in [1.54, 1.807) is 24.4 Å². The van der Waals surface area contributed by atoms with E-state index in [1.165, 1.54) is 13.3 Å². The summed E-state index contributed by atoms with van der Waals surface area (Å²) in [6.45, 7) is 6.49. The highest BCUT2D eigenvalue weighted by molar-refractivity contribution is 6.25. The molecule has 0 saturated carbocycles. The van der Waals surface area contributed by atoms with Crippen LogP contribution in [0, 0.1) is 0 Å². The summed E-state index contributed by atoms with van der Waals surface area (Å²) in [6, 6.07) is 11.0. The number of nitrogens with two attached hydrogens (primary N) is 1. The summed E-state index contributed by atoms with van der Waals surface area (Å²) >= 11 is 0. The molecule has 4 N–H and O–H groups in total. The third-order valence-electron chi connectivity index (χ3n) is 5.95. The first-order valence-electron chi connectivity index (χ1n) is 11.2. The molecule has 1 aliphatic heterocycles. The van der Waals surface area contributed by atoms with Crippen LogP contribution in [0.4, 0.5) is 11.4 Å². The maximum Gasteiger partial charge on any atom is 0.255 e. The number of likely N-dealkylation sites (tertiary alicyclic amines) is 1. The predicted octanol–water partition coefficient (Wildman–Crippen LogP) is 3.34. The number of methoxy groups -OCH3 is 1. The number of piperidine rings is 1. The monoisotopic (exact) mass is 459 g/mol. The molecular weight excluding hydrogens is 430 g/mol. The van der Waals surface area contributed by atoms with Crippen LogP contribution in [-0.2, 0) is 11.3 Å². The molecule has 8 nitrogen and oxygen atoms in total. The number of nitrogens with one attached hydrogen (secondary N) is 1. The molecule has 2 aromatic heterocycles. The maximum atomic E-state index is 12.8. The zero-order valence-corrected chi connectivity index (χ0v) is 19.2. The number of nitrogen functional groups attached to an aromatic ring is 1. The summed E-state index contributed by atoms with van der Waals surface area (Å²) < 4.78 is 5.04. The molecule has 3 heterocycles. The van der Waals surface area contributed by atoms with Crippen molar-refractivity contribution < 1.29 is 14.6 Å². The molecule has 3 aromatic rings. The minimum absolute atomic E-state index is 0.194. The highest BCUT2D eigenvalue weighted by Crippen LogP contribution is 2.29. The zero-order valence-electron chi connectivity index (χ0n) is 19.2. The fourth-order valence-electron chi connectivity index (χ4n) is 3.97. The molecule has 4 rings (SSSR count). The Labute approximate surface area is 199 Å². The van der Waals surface area contributed by atoms with Gasteiger partial charge in [0.15, 0.2) is 0 Å². The van der Waals surface area contributed by atoms with E-state index in [0.29, 0.717) is 22.8 Å². The first-order valence-corrected chi connectivity index (χ1v) is 11.2. The van der Waals surface area contributed by atoms with E-state index in [1.807, 2.05) is 18.3 Å². The van der Waals surface area contributed by atoms with Gasteiger partial charge in [0, 0.05) is 60.5 Å². The number of pyridine rings is 2. The summed E-state index contributed by atoms with van der Waals surface area (Å²) in [5, 5.41) is 12.5. The van der Waals surface area contributed by atoms with E-state index in [-0.39, 0.29) is 17.6 Å². The molecule has 1 aliphatic rings. The molecule has 0 spiro atoms. The molecule has 176 valence electrons. The molecule has 0 aliphatic carbocycles. The van der Waals surface area contributed by atoms with Gasteiger partial charge in [-0.15, -0.1) is 0 Å². The van der Waals surface area contributed by atoms with E-state index in [0.717, 1.165) is 49.2 Å². The normalized spacial score (nSPS) is 14.5. The van der Waals surface area contributed by atoms with Gasteiger partial charge in [-0.1, -0.05) is 12.6 Å². The number of nitrogens with zero attached hydrogens (tertiary/aromatic N) is 3. The van der Waals surface area contributed by atoms with Crippen LogP contribution < -0.4 is 15.8 Å². The van der Waals surface area contributed by atoms with Crippen LogP contribution in [0.15, 0.2) is 61.6 Å². The van der Waals surface area contributed by atoms with Crippen molar-refractivity contribution in [3.63, 3.8) is 0 Å². The number of aliphatic hydroxyl groups is 1. The van der Waals surface area contributed by atoms with Crippen molar-refractivity contribution in [2.24, 2.45) is 0 Å². The minimum atomic E-state index is -0.366. The van der Waals surface area contributed by atoms with Crippen molar-refractivity contribution in [1.82, 2.24) is 14.9 Å². The van der Waals surface area contributed by atoms with Gasteiger partial charge in [-0.2, -0.15) is 0 Å². The molecule has 0 bridgehead atoms. The van der Waals surface area contributed by atoms with Gasteiger partial charge in [0.25, 0.3) is 5.91 Å². The second-order valence-corrected chi connectivity index (χ2v) is 8.41. The first kappa shape index (κ1) is 23.4. The highest BCUT2D eigenvalue weighted by Gasteiger charge is 2.18. The Morgan fingerprint density at radius 3 is 2.68 bits per heavy atom. The number of amides is 1. The lowest BCUT2D eigenvalue weighted by molar-refractivity contribution is -0.111. The topological polar surface area (TPSA) is 114 Å². The van der Waals surface area contributed by atoms with Crippen LogP contribution in [0.25, 0.3) is 16.7 Å². The van der Waals surface area contributed by atoms with Crippen molar-refractivity contribution in [3.05, 3.63) is 72.7 Å². The Hall–Kier alpha value is -3.75. The summed E-state index contributed by atoms with van der Waals surface area (Å²) in [7, 11) is 1.53. The molecular formula is C26H29N5O3. The molecule has 34 heavy (non-hydrogen) atoms. The number of carbonyl (C=O) groups excluding carboxylic acids is 1. The summed E-state index contributed by atoms with van der Waals surface area (Å²) in [5.41, 5.74) is 10.9. The van der Waals surface area contributed by atoms with Crippen LogP contribution in [-0.4, -0.2) is 52.2 Å². The third-order valence-corrected chi connectivity index (χ3v) is 5.95. The lowest BCUT2D eigenvalue weighted by Crippen LogP contribution is -2.35. The van der Waals surface area contributed by atoms with Gasteiger partial charge in [-0.25, -0.2) is 4.98 Å². The Morgan fingerprint density at radius 1 is 1.18 bits per heavy atom. The van der Waals surface area contributed by atoms with E-state index in [2.05, 4.69) is 32.8 Å². The number of aliphatic hydroxyl groups excluding tert-OH is 1. The maximum absolute atomic E-state index is 12.8. The number of hydrogen-bond donors (Lipinski definition) is 3. The SMILES string of the molecule is C=C(C(=O)Nc1ccc(OC)nc1)c1cc(-c2cncc(CN3CCC(O)CC3)c2)ccc1N. The van der Waals surface area contributed by atoms with E-state index in [9.17, 15) is 9.90 Å². The fraction of sp³-hybridized carbons (Fsp3) is 0.269. The molecule has 0 radical (unpaired) electrons. The second-order valence-electron chi connectivity index (χ2n) is 8.41. The van der Waals surface area contributed by atoms with Crippen LogP contribution in [0.3, 0.4) is 0 Å². The van der Waals surface area contributed by atoms with E-state index < -0.39 is 0 Å². The van der Waals surface area contributed by atoms with Gasteiger partial charge in [-0.05, 0) is 48.2 Å². The Morgan fingerprint density at radius 2 is 1.97 bits per heavy atom. The van der Waals surface area contributed by atoms with Gasteiger partial charge in [0.2, 0.25) is 5.88 Å². The summed E-state index contributed by atoms with van der Waals surface area (Å²) in [4.78, 5) is 23.6. The Balaban J connectivity index is 1.50. The largest absolute Gasteiger partial charge is 0.481 e. The fourth-order valence-corrected chi connectivity index (χ4v) is 3.97. The molecule has 1 aromatic carbocycles. The minimum Gasteiger partial charge on any atom is -0.481 e. The zero-order chi connectivity index (χ0) is 24.1. The Bertz CT molecular complexity index is 1170. The number of aromatic nitrogens is 2. The number of carbonyl (C=O) groups is 1. The lowest BCUT2D eigenvalue weighted by Gasteiger charge is -2.29.